The summed E-state index contributed by atoms with van der Waals surface area (Å²) in [6.07, 6.45) is 1.61. The van der Waals surface area contributed by atoms with E-state index in [2.05, 4.69) is 26.5 Å². The number of ether oxygens (including phenoxy) is 1. The lowest BCUT2D eigenvalue weighted by atomic mass is 10.2. The number of benzene rings is 2. The van der Waals surface area contributed by atoms with E-state index in [1.165, 1.54) is 7.11 Å². The molecule has 2 aromatic carbocycles. The minimum absolute atomic E-state index is 0.0590. The van der Waals surface area contributed by atoms with Crippen molar-refractivity contribution in [1.82, 2.24) is 0 Å². The molecule has 4 nitrogen and oxygen atoms in total. The highest BCUT2D eigenvalue weighted by atomic mass is 79.9. The number of phenolic OH excluding ortho intramolecular Hbond substituents is 1. The molecule has 0 aliphatic rings. The van der Waals surface area contributed by atoms with Crippen molar-refractivity contribution < 1.29 is 9.84 Å². The molecule has 0 amide bonds. The van der Waals surface area contributed by atoms with Crippen LogP contribution in [0.3, 0.4) is 0 Å². The van der Waals surface area contributed by atoms with Crippen LogP contribution in [0.25, 0.3) is 0 Å². The number of hydrogen-bond acceptors (Lipinski definition) is 4. The van der Waals surface area contributed by atoms with E-state index in [4.69, 9.17) is 16.3 Å². The van der Waals surface area contributed by atoms with E-state index in [1.807, 2.05) is 18.2 Å². The van der Waals surface area contributed by atoms with Gasteiger partial charge in [-0.3, -0.25) is 5.43 Å². The second-order valence-corrected chi connectivity index (χ2v) is 5.16. The number of para-hydroxylation sites is 1. The van der Waals surface area contributed by atoms with Crippen molar-refractivity contribution >= 4 is 39.4 Å². The highest BCUT2D eigenvalue weighted by Gasteiger charge is 2.07. The monoisotopic (exact) mass is 354 g/mol. The highest BCUT2D eigenvalue weighted by molar-refractivity contribution is 9.10. The van der Waals surface area contributed by atoms with E-state index in [0.29, 0.717) is 15.2 Å². The van der Waals surface area contributed by atoms with Gasteiger partial charge in [0.05, 0.1) is 28.5 Å². The molecule has 6 heteroatoms. The van der Waals surface area contributed by atoms with Gasteiger partial charge in [-0.1, -0.05) is 23.7 Å². The summed E-state index contributed by atoms with van der Waals surface area (Å²) in [4.78, 5) is 0. The lowest BCUT2D eigenvalue weighted by Crippen LogP contribution is -1.93. The number of anilines is 1. The zero-order valence-corrected chi connectivity index (χ0v) is 12.9. The zero-order chi connectivity index (χ0) is 14.5. The number of phenols is 1. The van der Waals surface area contributed by atoms with Crippen LogP contribution in [-0.2, 0) is 0 Å². The Morgan fingerprint density at radius 2 is 2.10 bits per heavy atom. The van der Waals surface area contributed by atoms with Gasteiger partial charge in [0.25, 0.3) is 0 Å². The summed E-state index contributed by atoms with van der Waals surface area (Å²) in [6.45, 7) is 0. The smallest absolute Gasteiger partial charge is 0.172 e. The molecule has 0 aliphatic carbocycles. The van der Waals surface area contributed by atoms with Gasteiger partial charge in [-0.25, -0.2) is 0 Å². The van der Waals surface area contributed by atoms with Crippen molar-refractivity contribution in [3.05, 3.63) is 51.5 Å². The molecular formula is C14H12BrClN2O2. The number of hydrogen-bond donors (Lipinski definition) is 2. The fourth-order valence-corrected chi connectivity index (χ4v) is 2.19. The summed E-state index contributed by atoms with van der Waals surface area (Å²) in [5.74, 6) is 0.433. The standard InChI is InChI=1S/C14H12BrClN2O2/c1-20-13-7-9(6-10(15)14(13)19)8-17-18-12-5-3-2-4-11(12)16/h2-8,18-19H,1H3/b17-8+. The van der Waals surface area contributed by atoms with E-state index in [9.17, 15) is 5.11 Å². The van der Waals surface area contributed by atoms with Crippen LogP contribution >= 0.6 is 27.5 Å². The topological polar surface area (TPSA) is 53.8 Å². The molecule has 20 heavy (non-hydrogen) atoms. The van der Waals surface area contributed by atoms with Gasteiger partial charge in [0.15, 0.2) is 11.5 Å². The van der Waals surface area contributed by atoms with Crippen LogP contribution in [0.2, 0.25) is 5.02 Å². The zero-order valence-electron chi connectivity index (χ0n) is 10.6. The van der Waals surface area contributed by atoms with Gasteiger partial charge in [0, 0.05) is 0 Å². The normalized spacial score (nSPS) is 10.8. The van der Waals surface area contributed by atoms with Crippen LogP contribution in [0.4, 0.5) is 5.69 Å². The maximum absolute atomic E-state index is 9.71. The molecule has 0 unspecified atom stereocenters. The Kier molecular flexibility index (Phi) is 4.87. The van der Waals surface area contributed by atoms with Crippen LogP contribution in [-0.4, -0.2) is 18.4 Å². The Labute approximate surface area is 130 Å². The van der Waals surface area contributed by atoms with Crippen molar-refractivity contribution in [3.8, 4) is 11.5 Å². The molecule has 0 heterocycles. The molecule has 2 aromatic rings. The first-order valence-corrected chi connectivity index (χ1v) is 6.89. The average molecular weight is 356 g/mol. The summed E-state index contributed by atoms with van der Waals surface area (Å²) in [5.41, 5.74) is 4.34. The molecule has 2 rings (SSSR count). The Balaban J connectivity index is 2.16. The minimum Gasteiger partial charge on any atom is -0.503 e. The van der Waals surface area contributed by atoms with E-state index < -0.39 is 0 Å². The second kappa shape index (κ2) is 6.63. The number of nitrogens with one attached hydrogen (secondary N) is 1. The van der Waals surface area contributed by atoms with E-state index in [0.717, 1.165) is 11.3 Å². The second-order valence-electron chi connectivity index (χ2n) is 3.90. The van der Waals surface area contributed by atoms with Gasteiger partial charge in [0.1, 0.15) is 0 Å². The fraction of sp³-hybridized carbons (Fsp3) is 0.0714. The van der Waals surface area contributed by atoms with E-state index in [-0.39, 0.29) is 5.75 Å². The number of hydrazone groups is 1. The third-order valence-electron chi connectivity index (χ3n) is 2.54. The van der Waals surface area contributed by atoms with Crippen LogP contribution in [0.15, 0.2) is 46.0 Å². The first-order chi connectivity index (χ1) is 9.61. The van der Waals surface area contributed by atoms with Crippen molar-refractivity contribution in [2.45, 2.75) is 0 Å². The molecule has 104 valence electrons. The Bertz CT molecular complexity index is 647. The van der Waals surface area contributed by atoms with Gasteiger partial charge < -0.3 is 9.84 Å². The molecule has 0 atom stereocenters. The Morgan fingerprint density at radius 3 is 2.80 bits per heavy atom. The Hall–Kier alpha value is -1.72. The molecule has 0 radical (unpaired) electrons. The molecule has 2 N–H and O–H groups in total. The molecule has 0 aliphatic heterocycles. The number of nitrogens with zero attached hydrogens (tertiary/aromatic N) is 1. The summed E-state index contributed by atoms with van der Waals surface area (Å²) in [5, 5.41) is 14.4. The third kappa shape index (κ3) is 3.43. The number of rotatable bonds is 4. The third-order valence-corrected chi connectivity index (χ3v) is 3.48. The largest absolute Gasteiger partial charge is 0.503 e. The minimum atomic E-state index is 0.0590. The Morgan fingerprint density at radius 1 is 1.35 bits per heavy atom. The fourth-order valence-electron chi connectivity index (χ4n) is 1.55. The van der Waals surface area contributed by atoms with Gasteiger partial charge in [-0.2, -0.15) is 5.10 Å². The maximum atomic E-state index is 9.71. The number of methoxy groups -OCH3 is 1. The van der Waals surface area contributed by atoms with Gasteiger partial charge in [-0.05, 0) is 45.8 Å². The molecule has 0 fully saturated rings. The quantitative estimate of drug-likeness (QED) is 0.636. The van der Waals surface area contributed by atoms with Crippen LogP contribution in [0.5, 0.6) is 11.5 Å². The van der Waals surface area contributed by atoms with Gasteiger partial charge in [-0.15, -0.1) is 0 Å². The average Bonchev–Trinajstić information content (AvgIpc) is 2.44. The van der Waals surface area contributed by atoms with Crippen molar-refractivity contribution in [1.29, 1.82) is 0 Å². The van der Waals surface area contributed by atoms with Gasteiger partial charge in [0.2, 0.25) is 0 Å². The lowest BCUT2D eigenvalue weighted by molar-refractivity contribution is 0.372. The van der Waals surface area contributed by atoms with Crippen molar-refractivity contribution in [3.63, 3.8) is 0 Å². The lowest BCUT2D eigenvalue weighted by Gasteiger charge is -2.06. The first-order valence-electron chi connectivity index (χ1n) is 5.72. The van der Waals surface area contributed by atoms with E-state index in [1.54, 1.807) is 24.4 Å². The molecule has 0 saturated heterocycles. The van der Waals surface area contributed by atoms with Gasteiger partial charge >= 0.3 is 0 Å². The van der Waals surface area contributed by atoms with Crippen LogP contribution in [0, 0.1) is 0 Å². The summed E-state index contributed by atoms with van der Waals surface area (Å²) >= 11 is 9.26. The van der Waals surface area contributed by atoms with Crippen molar-refractivity contribution in [2.75, 3.05) is 12.5 Å². The highest BCUT2D eigenvalue weighted by Crippen LogP contribution is 2.34. The molecule has 0 bridgehead atoms. The predicted molar refractivity (Wildman–Crippen MR) is 85.0 cm³/mol. The van der Waals surface area contributed by atoms with Crippen LogP contribution in [0.1, 0.15) is 5.56 Å². The maximum Gasteiger partial charge on any atom is 0.172 e. The number of aromatic hydroxyl groups is 1. The molecule has 0 saturated carbocycles. The first kappa shape index (κ1) is 14.7. The molecule has 0 spiro atoms. The molecule has 0 aromatic heterocycles. The van der Waals surface area contributed by atoms with Crippen LogP contribution < -0.4 is 10.2 Å². The number of halogens is 2. The molecular weight excluding hydrogens is 344 g/mol. The SMILES string of the molecule is COc1cc(/C=N/Nc2ccccc2Cl)cc(Br)c1O. The summed E-state index contributed by atoms with van der Waals surface area (Å²) < 4.78 is 5.61. The summed E-state index contributed by atoms with van der Waals surface area (Å²) in [7, 11) is 1.49. The van der Waals surface area contributed by atoms with E-state index >= 15 is 0 Å². The van der Waals surface area contributed by atoms with Crippen molar-refractivity contribution in [2.24, 2.45) is 5.10 Å². The predicted octanol–water partition coefficient (Wildman–Crippen LogP) is 4.26. The summed E-state index contributed by atoms with van der Waals surface area (Å²) in [6, 6.07) is 10.7.